The second-order valence-corrected chi connectivity index (χ2v) is 4.69. The molecule has 0 aromatic rings. The first-order valence-electron chi connectivity index (χ1n) is 6.81. The third-order valence-corrected chi connectivity index (χ3v) is 3.33. The Balaban J connectivity index is 2.72. The standard InChI is InChI=1S/C15H26O5/c1-6-8-18-10-12-14(16-4)15(17-5)13(11(3)20-12)19-9-7-2/h6-7,11-15H,1-2,8-10H2,3-5H3/t11-,12+,13-,14+,15+/m0/s1. The second kappa shape index (κ2) is 9.26. The number of hydrogen-bond donors (Lipinski definition) is 0. The zero-order valence-electron chi connectivity index (χ0n) is 12.6. The van der Waals surface area contributed by atoms with Crippen LogP contribution in [0, 0.1) is 0 Å². The average Bonchev–Trinajstić information content (AvgIpc) is 2.45. The lowest BCUT2D eigenvalue weighted by atomic mass is 9.95. The van der Waals surface area contributed by atoms with Crippen LogP contribution in [0.2, 0.25) is 0 Å². The highest BCUT2D eigenvalue weighted by Gasteiger charge is 2.45. The van der Waals surface area contributed by atoms with Crippen molar-refractivity contribution in [1.82, 2.24) is 0 Å². The van der Waals surface area contributed by atoms with Gasteiger partial charge in [0.2, 0.25) is 0 Å². The SMILES string of the molecule is C=CCOC[C@H]1O[C@@H](C)[C@H](OCC=C)[C@@H](OC)[C@@H]1OC. The van der Waals surface area contributed by atoms with Crippen molar-refractivity contribution in [3.05, 3.63) is 25.3 Å². The molecule has 0 spiro atoms. The normalized spacial score (nSPS) is 33.9. The van der Waals surface area contributed by atoms with Gasteiger partial charge in [0, 0.05) is 14.2 Å². The van der Waals surface area contributed by atoms with E-state index in [1.807, 2.05) is 6.92 Å². The van der Waals surface area contributed by atoms with Crippen LogP contribution in [0.25, 0.3) is 0 Å². The quantitative estimate of drug-likeness (QED) is 0.476. The lowest BCUT2D eigenvalue weighted by molar-refractivity contribution is -0.249. The minimum atomic E-state index is -0.240. The summed E-state index contributed by atoms with van der Waals surface area (Å²) in [7, 11) is 3.29. The van der Waals surface area contributed by atoms with Crippen LogP contribution in [0.3, 0.4) is 0 Å². The summed E-state index contributed by atoms with van der Waals surface area (Å²) in [4.78, 5) is 0. The van der Waals surface area contributed by atoms with Gasteiger partial charge in [0.25, 0.3) is 0 Å². The van der Waals surface area contributed by atoms with Gasteiger partial charge in [-0.05, 0) is 6.92 Å². The minimum absolute atomic E-state index is 0.108. The van der Waals surface area contributed by atoms with Crippen molar-refractivity contribution < 1.29 is 23.7 Å². The van der Waals surface area contributed by atoms with Crippen LogP contribution in [-0.2, 0) is 23.7 Å². The predicted molar refractivity (Wildman–Crippen MR) is 76.9 cm³/mol. The topological polar surface area (TPSA) is 46.2 Å². The molecule has 0 aliphatic carbocycles. The lowest BCUT2D eigenvalue weighted by Gasteiger charge is -2.44. The molecular formula is C15H26O5. The summed E-state index contributed by atoms with van der Waals surface area (Å²) < 4.78 is 28.3. The predicted octanol–water partition coefficient (Wildman–Crippen LogP) is 1.58. The minimum Gasteiger partial charge on any atom is -0.376 e. The maximum atomic E-state index is 5.95. The Hall–Kier alpha value is -0.720. The summed E-state index contributed by atoms with van der Waals surface area (Å²) in [6.07, 6.45) is 2.47. The van der Waals surface area contributed by atoms with Crippen molar-refractivity contribution in [3.8, 4) is 0 Å². The fraction of sp³-hybridized carbons (Fsp3) is 0.733. The first-order chi connectivity index (χ1) is 9.69. The summed E-state index contributed by atoms with van der Waals surface area (Å²) in [5.41, 5.74) is 0. The largest absolute Gasteiger partial charge is 0.376 e. The monoisotopic (exact) mass is 286 g/mol. The number of rotatable bonds is 9. The van der Waals surface area contributed by atoms with Gasteiger partial charge in [-0.25, -0.2) is 0 Å². The van der Waals surface area contributed by atoms with Crippen LogP contribution < -0.4 is 0 Å². The Labute approximate surface area is 121 Å². The fourth-order valence-corrected chi connectivity index (χ4v) is 2.46. The smallest absolute Gasteiger partial charge is 0.115 e. The van der Waals surface area contributed by atoms with Crippen molar-refractivity contribution in [1.29, 1.82) is 0 Å². The van der Waals surface area contributed by atoms with E-state index in [1.54, 1.807) is 26.4 Å². The number of hydrogen-bond acceptors (Lipinski definition) is 5. The van der Waals surface area contributed by atoms with Crippen LogP contribution in [-0.4, -0.2) is 64.6 Å². The van der Waals surface area contributed by atoms with Crippen molar-refractivity contribution in [2.75, 3.05) is 34.0 Å². The van der Waals surface area contributed by atoms with E-state index in [9.17, 15) is 0 Å². The van der Waals surface area contributed by atoms with Crippen molar-refractivity contribution in [2.24, 2.45) is 0 Å². The van der Waals surface area contributed by atoms with Gasteiger partial charge in [-0.3, -0.25) is 0 Å². The van der Waals surface area contributed by atoms with Crippen LogP contribution >= 0.6 is 0 Å². The van der Waals surface area contributed by atoms with Gasteiger partial charge in [-0.1, -0.05) is 12.2 Å². The molecule has 0 aromatic carbocycles. The molecule has 1 heterocycles. The Morgan fingerprint density at radius 1 is 1.00 bits per heavy atom. The molecule has 0 aromatic heterocycles. The molecule has 5 heteroatoms. The van der Waals surface area contributed by atoms with Gasteiger partial charge in [-0.15, -0.1) is 13.2 Å². The van der Waals surface area contributed by atoms with Gasteiger partial charge in [0.1, 0.15) is 24.4 Å². The van der Waals surface area contributed by atoms with Crippen LogP contribution in [0.15, 0.2) is 25.3 Å². The lowest BCUT2D eigenvalue weighted by Crippen LogP contribution is -2.60. The highest BCUT2D eigenvalue weighted by molar-refractivity contribution is 4.94. The molecule has 0 N–H and O–H groups in total. The Kier molecular flexibility index (Phi) is 8.02. The van der Waals surface area contributed by atoms with Crippen LogP contribution in [0.4, 0.5) is 0 Å². The number of ether oxygens (including phenoxy) is 5. The molecule has 1 saturated heterocycles. The fourth-order valence-electron chi connectivity index (χ4n) is 2.46. The summed E-state index contributed by atoms with van der Waals surface area (Å²) in [5.74, 6) is 0. The van der Waals surface area contributed by atoms with E-state index in [2.05, 4.69) is 13.2 Å². The highest BCUT2D eigenvalue weighted by Crippen LogP contribution is 2.27. The maximum absolute atomic E-state index is 5.95. The Morgan fingerprint density at radius 3 is 2.20 bits per heavy atom. The van der Waals surface area contributed by atoms with Gasteiger partial charge in [0.05, 0.1) is 25.9 Å². The third-order valence-electron chi connectivity index (χ3n) is 3.33. The molecule has 0 bridgehead atoms. The molecule has 0 saturated carbocycles. The van der Waals surface area contributed by atoms with E-state index in [0.717, 1.165) is 0 Å². The number of methoxy groups -OCH3 is 2. The van der Waals surface area contributed by atoms with E-state index < -0.39 is 0 Å². The zero-order chi connectivity index (χ0) is 15.0. The first kappa shape index (κ1) is 17.3. The van der Waals surface area contributed by atoms with Crippen molar-refractivity contribution >= 4 is 0 Å². The zero-order valence-corrected chi connectivity index (χ0v) is 12.6. The molecule has 116 valence electrons. The molecule has 1 fully saturated rings. The highest BCUT2D eigenvalue weighted by atomic mass is 16.6. The second-order valence-electron chi connectivity index (χ2n) is 4.69. The van der Waals surface area contributed by atoms with E-state index in [0.29, 0.717) is 19.8 Å². The molecule has 0 unspecified atom stereocenters. The van der Waals surface area contributed by atoms with E-state index >= 15 is 0 Å². The molecule has 1 rings (SSSR count). The van der Waals surface area contributed by atoms with Crippen LogP contribution in [0.1, 0.15) is 6.92 Å². The Morgan fingerprint density at radius 2 is 1.65 bits per heavy atom. The van der Waals surface area contributed by atoms with Gasteiger partial charge >= 0.3 is 0 Å². The van der Waals surface area contributed by atoms with E-state index in [1.165, 1.54) is 0 Å². The summed E-state index contributed by atoms with van der Waals surface area (Å²) in [5, 5.41) is 0. The van der Waals surface area contributed by atoms with Gasteiger partial charge in [0.15, 0.2) is 0 Å². The van der Waals surface area contributed by atoms with Crippen molar-refractivity contribution in [2.45, 2.75) is 37.4 Å². The van der Waals surface area contributed by atoms with E-state index in [-0.39, 0.29) is 30.5 Å². The molecule has 0 radical (unpaired) electrons. The van der Waals surface area contributed by atoms with Gasteiger partial charge in [-0.2, -0.15) is 0 Å². The maximum Gasteiger partial charge on any atom is 0.115 e. The van der Waals surface area contributed by atoms with Crippen LogP contribution in [0.5, 0.6) is 0 Å². The van der Waals surface area contributed by atoms with Gasteiger partial charge < -0.3 is 23.7 Å². The molecule has 1 aliphatic heterocycles. The van der Waals surface area contributed by atoms with E-state index in [4.69, 9.17) is 23.7 Å². The van der Waals surface area contributed by atoms with Crippen molar-refractivity contribution in [3.63, 3.8) is 0 Å². The molecule has 0 amide bonds. The molecule has 1 aliphatic rings. The summed E-state index contributed by atoms with van der Waals surface area (Å²) >= 11 is 0. The average molecular weight is 286 g/mol. The molecular weight excluding hydrogens is 260 g/mol. The summed E-state index contributed by atoms with van der Waals surface area (Å²) in [6, 6.07) is 0. The summed E-state index contributed by atoms with van der Waals surface area (Å²) in [6.45, 7) is 10.6. The molecule has 5 nitrogen and oxygen atoms in total. The third kappa shape index (κ3) is 4.40. The first-order valence-corrected chi connectivity index (χ1v) is 6.81. The Bertz CT molecular complexity index is 294. The molecule has 5 atom stereocenters. The molecule has 20 heavy (non-hydrogen) atoms.